The van der Waals surface area contributed by atoms with Gasteiger partial charge in [-0.1, -0.05) is 22.9 Å². The monoisotopic (exact) mass is 315 g/mol. The van der Waals surface area contributed by atoms with Gasteiger partial charge >= 0.3 is 0 Å². The Bertz CT molecular complexity index is 412. The molecule has 1 aromatic carbocycles. The quantitative estimate of drug-likeness (QED) is 0.477. The van der Waals surface area contributed by atoms with E-state index in [1.165, 1.54) is 6.07 Å². The second-order valence-electron chi connectivity index (χ2n) is 4.10. The second kappa shape index (κ2) is 7.45. The fraction of sp³-hybridized carbons (Fsp3) is 0.500. The molecule has 0 bridgehead atoms. The zero-order valence-corrected chi connectivity index (χ0v) is 12.2. The molecule has 100 valence electrons. The van der Waals surface area contributed by atoms with Gasteiger partial charge in [-0.15, -0.1) is 0 Å². The lowest BCUT2D eigenvalue weighted by Crippen LogP contribution is -2.28. The van der Waals surface area contributed by atoms with E-state index >= 15 is 0 Å². The molecule has 0 saturated heterocycles. The minimum atomic E-state index is -0.347. The van der Waals surface area contributed by atoms with Crippen LogP contribution in [0.2, 0.25) is 0 Å². The molecule has 0 aromatic heterocycles. The van der Waals surface area contributed by atoms with Crippen molar-refractivity contribution in [1.82, 2.24) is 10.2 Å². The lowest BCUT2D eigenvalue weighted by atomic mass is 10.2. The third-order valence-electron chi connectivity index (χ3n) is 2.77. The Hall–Kier alpha value is -0.980. The maximum Gasteiger partial charge on any atom is 0.275 e. The van der Waals surface area contributed by atoms with Gasteiger partial charge in [0.15, 0.2) is 0 Å². The van der Waals surface area contributed by atoms with Crippen molar-refractivity contribution in [2.24, 2.45) is 0 Å². The van der Waals surface area contributed by atoms with Crippen molar-refractivity contribution < 1.29 is 4.92 Å². The van der Waals surface area contributed by atoms with Crippen LogP contribution < -0.4 is 5.32 Å². The molecule has 0 saturated carbocycles. The van der Waals surface area contributed by atoms with Crippen LogP contribution in [0, 0.1) is 10.1 Å². The Kier molecular flexibility index (Phi) is 6.24. The number of hydrogen-bond acceptors (Lipinski definition) is 4. The Balaban J connectivity index is 2.54. The van der Waals surface area contributed by atoms with Gasteiger partial charge in [0, 0.05) is 35.7 Å². The number of likely N-dealkylation sites (N-methyl/N-ethyl adjacent to an activating group) is 1. The highest BCUT2D eigenvalue weighted by atomic mass is 79.9. The van der Waals surface area contributed by atoms with Crippen LogP contribution in [-0.4, -0.2) is 36.5 Å². The van der Waals surface area contributed by atoms with Gasteiger partial charge in [-0.25, -0.2) is 0 Å². The van der Waals surface area contributed by atoms with Crippen LogP contribution in [0.5, 0.6) is 0 Å². The van der Waals surface area contributed by atoms with Crippen LogP contribution in [0.4, 0.5) is 5.69 Å². The summed E-state index contributed by atoms with van der Waals surface area (Å²) in [4.78, 5) is 12.7. The van der Waals surface area contributed by atoms with Gasteiger partial charge < -0.3 is 10.2 Å². The van der Waals surface area contributed by atoms with Crippen LogP contribution in [0.25, 0.3) is 0 Å². The predicted octanol–water partition coefficient (Wildman–Crippen LogP) is 2.40. The summed E-state index contributed by atoms with van der Waals surface area (Å²) in [6.45, 7) is 5.36. The van der Waals surface area contributed by atoms with E-state index in [-0.39, 0.29) is 10.6 Å². The lowest BCUT2D eigenvalue weighted by molar-refractivity contribution is -0.385. The van der Waals surface area contributed by atoms with Gasteiger partial charge in [0.2, 0.25) is 0 Å². The fourth-order valence-corrected chi connectivity index (χ4v) is 1.86. The van der Waals surface area contributed by atoms with Crippen molar-refractivity contribution in [3.8, 4) is 0 Å². The van der Waals surface area contributed by atoms with Crippen molar-refractivity contribution in [1.29, 1.82) is 0 Å². The molecule has 1 rings (SSSR count). The summed E-state index contributed by atoms with van der Waals surface area (Å²) in [6, 6.07) is 5.14. The Labute approximate surface area is 115 Å². The molecule has 0 aliphatic heterocycles. The highest BCUT2D eigenvalue weighted by molar-refractivity contribution is 9.10. The first-order valence-corrected chi connectivity index (χ1v) is 6.66. The number of hydrogen-bond donors (Lipinski definition) is 1. The van der Waals surface area contributed by atoms with Crippen LogP contribution in [0.3, 0.4) is 0 Å². The molecule has 0 aliphatic carbocycles. The molecule has 18 heavy (non-hydrogen) atoms. The highest BCUT2D eigenvalue weighted by Gasteiger charge is 2.13. The van der Waals surface area contributed by atoms with Crippen molar-refractivity contribution >= 4 is 21.6 Å². The first kappa shape index (κ1) is 15.1. The van der Waals surface area contributed by atoms with Crippen LogP contribution >= 0.6 is 15.9 Å². The summed E-state index contributed by atoms with van der Waals surface area (Å²) in [6.07, 6.45) is 0. The largest absolute Gasteiger partial charge is 0.311 e. The predicted molar refractivity (Wildman–Crippen MR) is 75.7 cm³/mol. The third-order valence-corrected chi connectivity index (χ3v) is 3.26. The average Bonchev–Trinajstić information content (AvgIpc) is 2.35. The van der Waals surface area contributed by atoms with E-state index in [2.05, 4.69) is 33.1 Å². The van der Waals surface area contributed by atoms with Crippen LogP contribution in [-0.2, 0) is 6.54 Å². The molecule has 0 spiro atoms. The number of nitro benzene ring substituents is 1. The minimum Gasteiger partial charge on any atom is -0.311 e. The molecular weight excluding hydrogens is 298 g/mol. The summed E-state index contributed by atoms with van der Waals surface area (Å²) in [5.41, 5.74) is 0.864. The maximum atomic E-state index is 10.9. The van der Waals surface area contributed by atoms with Gasteiger partial charge in [-0.05, 0) is 25.7 Å². The van der Waals surface area contributed by atoms with E-state index in [1.54, 1.807) is 6.07 Å². The molecule has 0 heterocycles. The SMILES string of the molecule is CCN(C)CCNCc1ccc(Br)cc1[N+](=O)[O-]. The van der Waals surface area contributed by atoms with E-state index < -0.39 is 0 Å². The molecule has 5 nitrogen and oxygen atoms in total. The first-order valence-electron chi connectivity index (χ1n) is 5.86. The van der Waals surface area contributed by atoms with Gasteiger partial charge in [-0.2, -0.15) is 0 Å². The number of nitrogens with zero attached hydrogens (tertiary/aromatic N) is 2. The van der Waals surface area contributed by atoms with Gasteiger partial charge in [0.05, 0.1) is 4.92 Å². The third kappa shape index (κ3) is 4.72. The van der Waals surface area contributed by atoms with E-state index in [0.29, 0.717) is 12.1 Å². The Morgan fingerprint density at radius 3 is 2.83 bits per heavy atom. The fourth-order valence-electron chi connectivity index (χ4n) is 1.51. The zero-order chi connectivity index (χ0) is 13.5. The smallest absolute Gasteiger partial charge is 0.275 e. The molecule has 0 fully saturated rings. The Morgan fingerprint density at radius 1 is 1.50 bits per heavy atom. The van der Waals surface area contributed by atoms with Crippen molar-refractivity contribution in [3.05, 3.63) is 38.3 Å². The van der Waals surface area contributed by atoms with Crippen LogP contribution in [0.15, 0.2) is 22.7 Å². The molecule has 0 radical (unpaired) electrons. The van der Waals surface area contributed by atoms with Gasteiger partial charge in [0.25, 0.3) is 5.69 Å². The molecule has 0 amide bonds. The summed E-state index contributed by atoms with van der Waals surface area (Å²) < 4.78 is 0.726. The first-order chi connectivity index (χ1) is 8.54. The molecular formula is C12H18BrN3O2. The molecule has 0 aliphatic rings. The van der Waals surface area contributed by atoms with Crippen LogP contribution in [0.1, 0.15) is 12.5 Å². The second-order valence-corrected chi connectivity index (χ2v) is 5.02. The van der Waals surface area contributed by atoms with Crippen molar-refractivity contribution in [3.63, 3.8) is 0 Å². The number of nitrogens with one attached hydrogen (secondary N) is 1. The van der Waals surface area contributed by atoms with E-state index in [9.17, 15) is 10.1 Å². The van der Waals surface area contributed by atoms with E-state index in [1.807, 2.05) is 13.1 Å². The topological polar surface area (TPSA) is 58.4 Å². The number of halogens is 1. The standard InChI is InChI=1S/C12H18BrN3O2/c1-3-15(2)7-6-14-9-10-4-5-11(13)8-12(10)16(17)18/h4-5,8,14H,3,6-7,9H2,1-2H3. The highest BCUT2D eigenvalue weighted by Crippen LogP contribution is 2.23. The van der Waals surface area contributed by atoms with E-state index in [4.69, 9.17) is 0 Å². The summed E-state index contributed by atoms with van der Waals surface area (Å²) in [5, 5.41) is 14.1. The minimum absolute atomic E-state index is 0.153. The molecule has 0 atom stereocenters. The van der Waals surface area contributed by atoms with Crippen molar-refractivity contribution in [2.75, 3.05) is 26.7 Å². The van der Waals surface area contributed by atoms with Gasteiger partial charge in [0.1, 0.15) is 0 Å². The number of benzene rings is 1. The molecule has 0 unspecified atom stereocenters. The van der Waals surface area contributed by atoms with E-state index in [0.717, 1.165) is 24.1 Å². The number of nitro groups is 1. The normalized spacial score (nSPS) is 10.9. The molecule has 6 heteroatoms. The maximum absolute atomic E-state index is 10.9. The summed E-state index contributed by atoms with van der Waals surface area (Å²) >= 11 is 3.24. The summed E-state index contributed by atoms with van der Waals surface area (Å²) in [5.74, 6) is 0. The average molecular weight is 316 g/mol. The zero-order valence-electron chi connectivity index (χ0n) is 10.6. The summed E-state index contributed by atoms with van der Waals surface area (Å²) in [7, 11) is 2.05. The lowest BCUT2D eigenvalue weighted by Gasteiger charge is -2.14. The molecule has 1 N–H and O–H groups in total. The molecule has 1 aromatic rings. The van der Waals surface area contributed by atoms with Crippen molar-refractivity contribution in [2.45, 2.75) is 13.5 Å². The Morgan fingerprint density at radius 2 is 2.22 bits per heavy atom. The van der Waals surface area contributed by atoms with Gasteiger partial charge in [-0.3, -0.25) is 10.1 Å². The number of rotatable bonds is 7.